The molecule has 0 saturated carbocycles. The molecule has 6 rings (SSSR count). The first-order chi connectivity index (χ1) is 18.1. The molecule has 0 saturated heterocycles. The summed E-state index contributed by atoms with van der Waals surface area (Å²) in [5.41, 5.74) is 8.88. The Morgan fingerprint density at radius 3 is 2.32 bits per heavy atom. The molecule has 0 aliphatic carbocycles. The van der Waals surface area contributed by atoms with Crippen LogP contribution in [-0.2, 0) is 17.2 Å². The molecule has 0 radical (unpaired) electrons. The summed E-state index contributed by atoms with van der Waals surface area (Å²) in [4.78, 5) is 7.37. The minimum Gasteiger partial charge on any atom is -0.351 e. The van der Waals surface area contributed by atoms with Crippen molar-refractivity contribution in [2.45, 2.75) is 40.0 Å². The Labute approximate surface area is 230 Å². The number of aliphatic imine (C=N–C) groups is 1. The Morgan fingerprint density at radius 2 is 1.61 bits per heavy atom. The van der Waals surface area contributed by atoms with Crippen molar-refractivity contribution >= 4 is 46.7 Å². The number of fused-ring (bicyclic) bond motifs is 2. The van der Waals surface area contributed by atoms with Gasteiger partial charge in [0, 0.05) is 41.1 Å². The van der Waals surface area contributed by atoms with Crippen molar-refractivity contribution in [1.29, 1.82) is 0 Å². The number of aryl methyl sites for hydroxylation is 3. The maximum Gasteiger partial charge on any atom is 0.166 e. The average molecular weight is 538 g/mol. The van der Waals surface area contributed by atoms with Crippen LogP contribution in [0, 0.1) is 20.8 Å². The largest absolute Gasteiger partial charge is 0.351 e. The molecule has 1 N–H and O–H groups in total. The van der Waals surface area contributed by atoms with Crippen LogP contribution in [-0.4, -0.2) is 23.0 Å². The van der Waals surface area contributed by atoms with Gasteiger partial charge in [-0.05, 0) is 67.8 Å². The molecule has 0 bridgehead atoms. The fourth-order valence-corrected chi connectivity index (χ4v) is 10.1. The van der Waals surface area contributed by atoms with Crippen LogP contribution in [0.1, 0.15) is 36.2 Å². The van der Waals surface area contributed by atoms with E-state index < -0.39 is 6.19 Å². The van der Waals surface area contributed by atoms with E-state index in [9.17, 15) is 0 Å². The van der Waals surface area contributed by atoms with E-state index >= 15 is 0 Å². The molecule has 1 aromatic heterocycles. The first kappa shape index (κ1) is 24.8. The molecule has 1 atom stereocenters. The van der Waals surface area contributed by atoms with Gasteiger partial charge in [-0.15, -0.1) is 0 Å². The Morgan fingerprint density at radius 1 is 0.895 bits per heavy atom. The number of hydrogen-bond donors (Lipinski definition) is 1. The highest BCUT2D eigenvalue weighted by Crippen LogP contribution is 2.62. The van der Waals surface area contributed by atoms with E-state index in [0.29, 0.717) is 0 Å². The van der Waals surface area contributed by atoms with E-state index in [1.54, 1.807) is 0 Å². The van der Waals surface area contributed by atoms with Gasteiger partial charge in [-0.1, -0.05) is 68.1 Å². The molecule has 3 heterocycles. The van der Waals surface area contributed by atoms with E-state index in [-0.39, 0.29) is 5.41 Å². The molecule has 0 spiro atoms. The van der Waals surface area contributed by atoms with E-state index in [1.165, 1.54) is 28.1 Å². The van der Waals surface area contributed by atoms with Gasteiger partial charge < -0.3 is 9.99 Å². The van der Waals surface area contributed by atoms with Crippen LogP contribution in [0.4, 0.5) is 17.2 Å². The Kier molecular flexibility index (Phi) is 5.75. The quantitative estimate of drug-likeness (QED) is 0.279. The number of allylic oxidation sites excluding steroid dienone is 2. The van der Waals surface area contributed by atoms with Crippen LogP contribution in [0.15, 0.2) is 88.8 Å². The van der Waals surface area contributed by atoms with E-state index in [1.807, 2.05) is 29.1 Å². The molecule has 192 valence electrons. The first-order valence-corrected chi connectivity index (χ1v) is 15.7. The second-order valence-corrected chi connectivity index (χ2v) is 14.7. The van der Waals surface area contributed by atoms with Crippen molar-refractivity contribution in [1.82, 2.24) is 9.78 Å². The summed E-state index contributed by atoms with van der Waals surface area (Å²) in [6, 6.07) is 25.3. The van der Waals surface area contributed by atoms with Crippen molar-refractivity contribution in [3.8, 4) is 5.69 Å². The maximum atomic E-state index is 6.81. The molecule has 0 fully saturated rings. The van der Waals surface area contributed by atoms with Gasteiger partial charge in [0.1, 0.15) is 0 Å². The number of nitrogens with one attached hydrogen (secondary N) is 1. The number of benzene rings is 3. The maximum absolute atomic E-state index is 6.81. The second-order valence-electron chi connectivity index (χ2n) is 10.7. The molecule has 2 aliphatic rings. The normalized spacial score (nSPS) is 21.4. The van der Waals surface area contributed by atoms with Crippen LogP contribution >= 0.6 is 6.19 Å². The highest BCUT2D eigenvalue weighted by atomic mass is 32.4. The van der Waals surface area contributed by atoms with Gasteiger partial charge in [-0.3, -0.25) is 0 Å². The zero-order valence-corrected chi connectivity index (χ0v) is 24.4. The number of aromatic nitrogens is 2. The molecule has 38 heavy (non-hydrogen) atoms. The number of anilines is 2. The summed E-state index contributed by atoms with van der Waals surface area (Å²) in [6.45, 7) is 10.9. The van der Waals surface area contributed by atoms with E-state index in [2.05, 4.69) is 106 Å². The highest BCUT2D eigenvalue weighted by molar-refractivity contribution is 8.21. The van der Waals surface area contributed by atoms with E-state index in [4.69, 9.17) is 21.9 Å². The van der Waals surface area contributed by atoms with Crippen molar-refractivity contribution in [3.63, 3.8) is 0 Å². The molecule has 7 heteroatoms. The Bertz CT molecular complexity index is 1700. The molecular formula is C31H32N5PS. The van der Waals surface area contributed by atoms with Gasteiger partial charge in [0.15, 0.2) is 5.82 Å². The predicted octanol–water partition coefficient (Wildman–Crippen LogP) is 7.28. The van der Waals surface area contributed by atoms with Crippen LogP contribution in [0.25, 0.3) is 5.69 Å². The lowest BCUT2D eigenvalue weighted by molar-refractivity contribution is 0.639. The molecule has 2 aliphatic heterocycles. The highest BCUT2D eigenvalue weighted by Gasteiger charge is 2.45. The Hall–Kier alpha value is -3.47. The summed E-state index contributed by atoms with van der Waals surface area (Å²) < 4.78 is 1.93. The van der Waals surface area contributed by atoms with Crippen LogP contribution in [0.2, 0.25) is 0 Å². The lowest BCUT2D eigenvalue weighted by Crippen LogP contribution is -2.29. The lowest BCUT2D eigenvalue weighted by atomic mass is 9.84. The van der Waals surface area contributed by atoms with Crippen molar-refractivity contribution in [3.05, 3.63) is 106 Å². The zero-order chi connectivity index (χ0) is 26.8. The minimum absolute atomic E-state index is 0.234. The third-order valence-corrected chi connectivity index (χ3v) is 12.0. The van der Waals surface area contributed by atoms with Crippen molar-refractivity contribution in [2.24, 2.45) is 4.99 Å². The van der Waals surface area contributed by atoms with Gasteiger partial charge in [-0.2, -0.15) is 5.10 Å². The fraction of sp³-hybridized carbons (Fsp3) is 0.226. The van der Waals surface area contributed by atoms with Crippen LogP contribution in [0.5, 0.6) is 0 Å². The van der Waals surface area contributed by atoms with Crippen molar-refractivity contribution in [2.75, 3.05) is 17.0 Å². The third-order valence-electron chi connectivity index (χ3n) is 7.87. The zero-order valence-electron chi connectivity index (χ0n) is 22.6. The number of rotatable bonds is 3. The van der Waals surface area contributed by atoms with Crippen LogP contribution < -0.4 is 15.3 Å². The SMILES string of the molecule is Cc1ccc(NP2(=S)C(=C3N(C)c4ccccc4C3(C)C)C=Nc3c2c(C)nn3-c2ccccc2)cc1C. The molecule has 3 aromatic carbocycles. The molecule has 0 amide bonds. The van der Waals surface area contributed by atoms with Gasteiger partial charge >= 0.3 is 0 Å². The molecule has 4 aromatic rings. The molecule has 1 unspecified atom stereocenters. The van der Waals surface area contributed by atoms with Gasteiger partial charge in [0.05, 0.1) is 22.9 Å². The monoisotopic (exact) mass is 537 g/mol. The fourth-order valence-electron chi connectivity index (χ4n) is 5.84. The standard InChI is InChI=1S/C31H32N5PS/c1-20-16-17-23(18-21(20)2)34-37(38)27(29-31(4,5)25-14-10-11-15-26(25)35(29)6)19-32-30-28(37)22(3)33-36(30)24-12-8-7-9-13-24/h7-19H,1-6H3,(H,34,38). The molecule has 5 nitrogen and oxygen atoms in total. The second kappa shape index (κ2) is 8.79. The summed E-state index contributed by atoms with van der Waals surface area (Å²) in [5, 5.41) is 11.0. The van der Waals surface area contributed by atoms with Crippen LogP contribution in [0.3, 0.4) is 0 Å². The van der Waals surface area contributed by atoms with Crippen molar-refractivity contribution < 1.29 is 0 Å². The van der Waals surface area contributed by atoms with Gasteiger partial charge in [0.2, 0.25) is 0 Å². The minimum atomic E-state index is -2.61. The van der Waals surface area contributed by atoms with E-state index in [0.717, 1.165) is 33.5 Å². The number of hydrogen-bond acceptors (Lipinski definition) is 4. The van der Waals surface area contributed by atoms with Gasteiger partial charge in [0.25, 0.3) is 0 Å². The first-order valence-electron chi connectivity index (χ1n) is 12.9. The lowest BCUT2D eigenvalue weighted by Gasteiger charge is -2.35. The van der Waals surface area contributed by atoms with Gasteiger partial charge in [-0.25, -0.2) is 9.67 Å². The number of para-hydroxylation sites is 2. The average Bonchev–Trinajstić information content (AvgIpc) is 3.34. The third kappa shape index (κ3) is 3.62. The Balaban J connectivity index is 1.63. The topological polar surface area (TPSA) is 45.4 Å². The summed E-state index contributed by atoms with van der Waals surface area (Å²) in [7, 11) is 2.15. The number of nitrogens with zero attached hydrogens (tertiary/aromatic N) is 4. The predicted molar refractivity (Wildman–Crippen MR) is 165 cm³/mol. The molecular weight excluding hydrogens is 505 g/mol. The smallest absolute Gasteiger partial charge is 0.166 e. The summed E-state index contributed by atoms with van der Waals surface area (Å²) in [6.07, 6.45) is -0.603. The number of likely N-dealkylation sites (N-methyl/N-ethyl adjacent to an activating group) is 1. The summed E-state index contributed by atoms with van der Waals surface area (Å²) >= 11 is 6.81. The summed E-state index contributed by atoms with van der Waals surface area (Å²) in [5.74, 6) is 0.814.